The summed E-state index contributed by atoms with van der Waals surface area (Å²) >= 11 is 0. The molecule has 56 heavy (non-hydrogen) atoms. The lowest BCUT2D eigenvalue weighted by atomic mass is 9.71. The van der Waals surface area contributed by atoms with Crippen LogP contribution < -0.4 is 10.7 Å². The van der Waals surface area contributed by atoms with Gasteiger partial charge in [-0.25, -0.2) is 20.0 Å². The van der Waals surface area contributed by atoms with Gasteiger partial charge in [0.25, 0.3) is 0 Å². The number of hydrazine groups is 1. The van der Waals surface area contributed by atoms with Crippen LogP contribution in [0.3, 0.4) is 0 Å². The Morgan fingerprint density at radius 2 is 1.09 bits per heavy atom. The van der Waals surface area contributed by atoms with Crippen LogP contribution >= 0.6 is 0 Å². The Bertz CT molecular complexity index is 1760. The second kappa shape index (κ2) is 18.3. The molecule has 2 aliphatic carbocycles. The average molecular weight is 764 g/mol. The van der Waals surface area contributed by atoms with Gasteiger partial charge in [-0.05, 0) is 78.8 Å². The summed E-state index contributed by atoms with van der Waals surface area (Å²) in [5.41, 5.74) is 11.5. The first-order valence-electron chi connectivity index (χ1n) is 20.3. The quantitative estimate of drug-likeness (QED) is 0.220. The number of rotatable bonds is 11. The number of benzene rings is 2. The van der Waals surface area contributed by atoms with E-state index in [-0.39, 0.29) is 47.3 Å². The minimum absolute atomic E-state index is 0.0269. The van der Waals surface area contributed by atoms with Crippen LogP contribution in [0.2, 0.25) is 0 Å². The standard InChI is InChI=1S/C45H57N5O6/c1-27(2)41(48-44(53)55-5)42(51)37-13-9-7-11-35(37)39-23-33(25-46-39)31-19-15-29(16-20-31)30-17-21-32(22-18-30)34-24-40(47-26-34)36-12-8-10-14-38(36)43(52)50(28(3)4)49-45(54)56-6/h15-22,25-28,35-38,41H,7-14,23-24H2,1-6H3,(H,48,53)(H,49,54)/t35?,36?,37?,38-,41+/m1/s1. The number of Topliss-reactive ketones (excluding diaryl/α,β-unsaturated/α-hetero) is 1. The zero-order valence-electron chi connectivity index (χ0n) is 33.7. The third-order valence-electron chi connectivity index (χ3n) is 12.0. The molecule has 5 atom stereocenters. The van der Waals surface area contributed by atoms with E-state index in [0.29, 0.717) is 12.8 Å². The van der Waals surface area contributed by atoms with Crippen LogP contribution in [0.25, 0.3) is 22.3 Å². The van der Waals surface area contributed by atoms with Crippen molar-refractivity contribution in [1.29, 1.82) is 0 Å². The third kappa shape index (κ3) is 9.14. The van der Waals surface area contributed by atoms with Gasteiger partial charge < -0.3 is 14.8 Å². The molecule has 0 saturated heterocycles. The van der Waals surface area contributed by atoms with Crippen LogP contribution in [0.5, 0.6) is 0 Å². The summed E-state index contributed by atoms with van der Waals surface area (Å²) in [6.45, 7) is 7.67. The molecule has 0 bridgehead atoms. The highest BCUT2D eigenvalue weighted by molar-refractivity contribution is 6.04. The van der Waals surface area contributed by atoms with Crippen molar-refractivity contribution >= 4 is 46.4 Å². The van der Waals surface area contributed by atoms with E-state index in [4.69, 9.17) is 19.5 Å². The second-order valence-corrected chi connectivity index (χ2v) is 16.2. The summed E-state index contributed by atoms with van der Waals surface area (Å²) in [5, 5.41) is 4.19. The van der Waals surface area contributed by atoms with Crippen LogP contribution in [0.4, 0.5) is 9.59 Å². The molecule has 3 amide bonds. The summed E-state index contributed by atoms with van der Waals surface area (Å²) in [4.78, 5) is 61.3. The smallest absolute Gasteiger partial charge is 0.425 e. The van der Waals surface area contributed by atoms with Crippen molar-refractivity contribution in [3.63, 3.8) is 0 Å². The number of hydrogen-bond acceptors (Lipinski definition) is 8. The summed E-state index contributed by atoms with van der Waals surface area (Å²) in [6.07, 6.45) is 11.6. The molecule has 2 aliphatic heterocycles. The molecule has 0 radical (unpaired) electrons. The number of ketones is 1. The molecule has 11 nitrogen and oxygen atoms in total. The summed E-state index contributed by atoms with van der Waals surface area (Å²) in [6, 6.07) is 16.4. The van der Waals surface area contributed by atoms with E-state index in [1.165, 1.54) is 19.2 Å². The van der Waals surface area contributed by atoms with Gasteiger partial charge in [-0.2, -0.15) is 0 Å². The molecule has 2 fully saturated rings. The molecular weight excluding hydrogens is 707 g/mol. The molecule has 2 aromatic carbocycles. The SMILES string of the molecule is COC(=O)N[C@H](C(=O)C1CCCCC1C1=NC=C(c2ccc(-c3ccc(C4=CN=C(C5CCCC[C@H]5C(=O)N(NC(=O)OC)C(C)C)C4)cc3)cc2)C1)C(C)C. The fourth-order valence-corrected chi connectivity index (χ4v) is 8.89. The van der Waals surface area contributed by atoms with Crippen molar-refractivity contribution < 1.29 is 28.7 Å². The number of nitrogens with zero attached hydrogens (tertiary/aromatic N) is 3. The molecule has 0 aromatic heterocycles. The summed E-state index contributed by atoms with van der Waals surface area (Å²) in [7, 11) is 2.61. The van der Waals surface area contributed by atoms with Crippen LogP contribution in [0, 0.1) is 29.6 Å². The van der Waals surface area contributed by atoms with E-state index >= 15 is 0 Å². The molecular formula is C45H57N5O6. The van der Waals surface area contributed by atoms with Gasteiger partial charge in [0.15, 0.2) is 5.78 Å². The zero-order valence-corrected chi connectivity index (χ0v) is 33.7. The van der Waals surface area contributed by atoms with E-state index < -0.39 is 18.2 Å². The number of alkyl carbamates (subject to hydrolysis) is 1. The highest BCUT2D eigenvalue weighted by Gasteiger charge is 2.41. The second-order valence-electron chi connectivity index (χ2n) is 16.2. The lowest BCUT2D eigenvalue weighted by molar-refractivity contribution is -0.142. The number of nitrogens with one attached hydrogen (secondary N) is 2. The Balaban J connectivity index is 1.06. The predicted molar refractivity (Wildman–Crippen MR) is 220 cm³/mol. The van der Waals surface area contributed by atoms with Crippen LogP contribution in [0.1, 0.15) is 103 Å². The van der Waals surface area contributed by atoms with Gasteiger partial charge in [-0.15, -0.1) is 0 Å². The first-order chi connectivity index (χ1) is 27.0. The summed E-state index contributed by atoms with van der Waals surface area (Å²) in [5.74, 6) is -0.376. The van der Waals surface area contributed by atoms with E-state index in [2.05, 4.69) is 59.3 Å². The van der Waals surface area contributed by atoms with Crippen LogP contribution in [-0.2, 0) is 19.1 Å². The Morgan fingerprint density at radius 1 is 0.643 bits per heavy atom. The van der Waals surface area contributed by atoms with Gasteiger partial charge in [0.1, 0.15) is 0 Å². The lowest BCUT2D eigenvalue weighted by Crippen LogP contribution is -2.54. The van der Waals surface area contributed by atoms with Gasteiger partial charge in [-0.1, -0.05) is 88.1 Å². The molecule has 11 heteroatoms. The zero-order chi connectivity index (χ0) is 39.9. The number of hydrogen-bond donors (Lipinski definition) is 2. The first-order valence-corrected chi connectivity index (χ1v) is 20.3. The number of aliphatic imine (C=N–C) groups is 2. The fourth-order valence-electron chi connectivity index (χ4n) is 8.89. The van der Waals surface area contributed by atoms with Gasteiger partial charge in [0.2, 0.25) is 5.91 Å². The third-order valence-corrected chi connectivity index (χ3v) is 12.0. The molecule has 2 aromatic rings. The molecule has 3 unspecified atom stereocenters. The number of carbonyl (C=O) groups excluding carboxylic acids is 4. The Hall–Kier alpha value is -5.06. The van der Waals surface area contributed by atoms with Crippen molar-refractivity contribution in [2.75, 3.05) is 14.2 Å². The van der Waals surface area contributed by atoms with Crippen molar-refractivity contribution in [2.24, 2.45) is 39.6 Å². The van der Waals surface area contributed by atoms with Gasteiger partial charge in [-0.3, -0.25) is 19.6 Å². The number of allylic oxidation sites excluding steroid dienone is 2. The van der Waals surface area contributed by atoms with Crippen molar-refractivity contribution in [1.82, 2.24) is 15.8 Å². The normalized spacial score (nSPS) is 22.7. The molecule has 4 aliphatic rings. The molecule has 6 rings (SSSR count). The van der Waals surface area contributed by atoms with Crippen molar-refractivity contribution in [2.45, 2.75) is 104 Å². The summed E-state index contributed by atoms with van der Waals surface area (Å²) < 4.78 is 9.58. The van der Waals surface area contributed by atoms with Gasteiger partial charge in [0.05, 0.1) is 20.3 Å². The topological polar surface area (TPSA) is 139 Å². The number of amides is 3. The van der Waals surface area contributed by atoms with Gasteiger partial charge >= 0.3 is 12.2 Å². The monoisotopic (exact) mass is 763 g/mol. The minimum Gasteiger partial charge on any atom is -0.453 e. The molecule has 298 valence electrons. The maximum absolute atomic E-state index is 13.8. The van der Waals surface area contributed by atoms with Gasteiger partial charge in [0, 0.05) is 66.4 Å². The predicted octanol–water partition coefficient (Wildman–Crippen LogP) is 8.80. The number of ether oxygens (including phenoxy) is 2. The molecule has 2 N–H and O–H groups in total. The average Bonchev–Trinajstić information content (AvgIpc) is 3.93. The maximum Gasteiger partial charge on any atom is 0.425 e. The van der Waals surface area contributed by atoms with Crippen molar-refractivity contribution in [3.8, 4) is 11.1 Å². The first kappa shape index (κ1) is 40.6. The van der Waals surface area contributed by atoms with Crippen molar-refractivity contribution in [3.05, 3.63) is 72.1 Å². The van der Waals surface area contributed by atoms with E-state index in [0.717, 1.165) is 96.2 Å². The molecule has 0 spiro atoms. The fraction of sp³-hybridized carbons (Fsp3) is 0.511. The maximum atomic E-state index is 13.8. The van der Waals surface area contributed by atoms with E-state index in [1.807, 2.05) is 40.1 Å². The molecule has 2 heterocycles. The number of carbonyl (C=O) groups is 4. The number of methoxy groups -OCH3 is 2. The van der Waals surface area contributed by atoms with Crippen LogP contribution in [-0.4, -0.2) is 66.6 Å². The highest BCUT2D eigenvalue weighted by atomic mass is 16.5. The lowest BCUT2D eigenvalue weighted by Gasteiger charge is -2.36. The molecule has 2 saturated carbocycles. The van der Waals surface area contributed by atoms with Crippen LogP contribution in [0.15, 0.2) is 70.9 Å². The van der Waals surface area contributed by atoms with E-state index in [9.17, 15) is 19.2 Å². The highest BCUT2D eigenvalue weighted by Crippen LogP contribution is 2.40. The van der Waals surface area contributed by atoms with E-state index in [1.54, 1.807) is 0 Å². The minimum atomic E-state index is -0.650. The Morgan fingerprint density at radius 3 is 1.55 bits per heavy atom. The largest absolute Gasteiger partial charge is 0.453 e. The Kier molecular flexibility index (Phi) is 13.2. The Labute approximate surface area is 331 Å².